The Hall–Kier alpha value is -3.35. The van der Waals surface area contributed by atoms with E-state index in [0.29, 0.717) is 17.0 Å². The first-order chi connectivity index (χ1) is 15.4. The number of amides is 2. The Morgan fingerprint density at radius 3 is 2.47 bits per heavy atom. The van der Waals surface area contributed by atoms with E-state index >= 15 is 0 Å². The summed E-state index contributed by atoms with van der Waals surface area (Å²) in [6, 6.07) is 12.9. The highest BCUT2D eigenvalue weighted by Crippen LogP contribution is 2.34. The predicted molar refractivity (Wildman–Crippen MR) is 125 cm³/mol. The Bertz CT molecular complexity index is 1010. The van der Waals surface area contributed by atoms with E-state index in [4.69, 9.17) is 4.74 Å². The Kier molecular flexibility index (Phi) is 6.44. The van der Waals surface area contributed by atoms with Gasteiger partial charge < -0.3 is 19.9 Å². The molecule has 1 atom stereocenters. The molecule has 1 unspecified atom stereocenters. The molecule has 1 saturated heterocycles. The quantitative estimate of drug-likeness (QED) is 0.694. The van der Waals surface area contributed by atoms with Gasteiger partial charge in [0.05, 0.1) is 5.69 Å². The average molecular weight is 436 g/mol. The van der Waals surface area contributed by atoms with Crippen molar-refractivity contribution < 1.29 is 19.1 Å². The molecule has 2 amide bonds. The molecule has 4 rings (SSSR count). The minimum atomic E-state index is -0.549. The summed E-state index contributed by atoms with van der Waals surface area (Å²) in [4.78, 5) is 41.0. The van der Waals surface area contributed by atoms with E-state index in [1.54, 1.807) is 32.2 Å². The molecule has 1 fully saturated rings. The van der Waals surface area contributed by atoms with Gasteiger partial charge in [-0.2, -0.15) is 0 Å². The maximum atomic E-state index is 12.6. The first kappa shape index (κ1) is 21.9. The molecule has 2 aliphatic rings. The molecule has 0 saturated carbocycles. The number of nitrogens with one attached hydrogen (secondary N) is 1. The van der Waals surface area contributed by atoms with Crippen LogP contribution in [0.5, 0.6) is 5.75 Å². The normalized spacial score (nSPS) is 18.1. The second-order valence-corrected chi connectivity index (χ2v) is 8.41. The average Bonchev–Trinajstić information content (AvgIpc) is 2.82. The second kappa shape index (κ2) is 9.42. The number of carbonyl (C=O) groups is 3. The van der Waals surface area contributed by atoms with Crippen molar-refractivity contribution in [2.45, 2.75) is 45.1 Å². The summed E-state index contributed by atoms with van der Waals surface area (Å²) in [5, 5.41) is 2.86. The molecule has 2 heterocycles. The fraction of sp³-hybridized carbons (Fsp3) is 0.400. The second-order valence-electron chi connectivity index (χ2n) is 8.41. The fourth-order valence-electron chi connectivity index (χ4n) is 4.19. The van der Waals surface area contributed by atoms with Crippen LogP contribution in [0.1, 0.15) is 49.4 Å². The first-order valence-electron chi connectivity index (χ1n) is 11.2. The van der Waals surface area contributed by atoms with E-state index in [2.05, 4.69) is 10.2 Å². The van der Waals surface area contributed by atoms with Crippen molar-refractivity contribution in [3.8, 4) is 5.75 Å². The number of Topliss-reactive ketones (excluding diaryl/α,β-unsaturated/α-hetero) is 1. The Morgan fingerprint density at radius 2 is 1.75 bits per heavy atom. The summed E-state index contributed by atoms with van der Waals surface area (Å²) in [7, 11) is 1.67. The lowest BCUT2D eigenvalue weighted by molar-refractivity contribution is -0.125. The third-order valence-corrected chi connectivity index (χ3v) is 6.08. The molecule has 0 radical (unpaired) electrons. The molecular weight excluding hydrogens is 406 g/mol. The maximum Gasteiger partial charge on any atom is 0.267 e. The van der Waals surface area contributed by atoms with Gasteiger partial charge in [0.25, 0.3) is 5.91 Å². The number of hydrogen-bond donors (Lipinski definition) is 1. The Morgan fingerprint density at radius 1 is 1.03 bits per heavy atom. The van der Waals surface area contributed by atoms with Crippen molar-refractivity contribution in [3.05, 3.63) is 48.0 Å². The number of anilines is 3. The molecular formula is C25H29N3O4. The molecule has 2 aromatic rings. The van der Waals surface area contributed by atoms with Crippen LogP contribution in [0, 0.1) is 0 Å². The van der Waals surface area contributed by atoms with Gasteiger partial charge in [0, 0.05) is 49.9 Å². The minimum absolute atomic E-state index is 0.0887. The van der Waals surface area contributed by atoms with Crippen LogP contribution < -0.4 is 19.9 Å². The lowest BCUT2D eigenvalue weighted by Gasteiger charge is -2.30. The van der Waals surface area contributed by atoms with Gasteiger partial charge in [-0.05, 0) is 68.7 Å². The van der Waals surface area contributed by atoms with Gasteiger partial charge >= 0.3 is 0 Å². The molecule has 168 valence electrons. The number of ether oxygens (including phenoxy) is 1. The van der Waals surface area contributed by atoms with Crippen LogP contribution in [-0.4, -0.2) is 43.8 Å². The van der Waals surface area contributed by atoms with E-state index in [-0.39, 0.29) is 30.4 Å². The third-order valence-electron chi connectivity index (χ3n) is 6.08. The smallest absolute Gasteiger partial charge is 0.267 e. The highest BCUT2D eigenvalue weighted by molar-refractivity contribution is 6.04. The third kappa shape index (κ3) is 4.77. The zero-order valence-electron chi connectivity index (χ0n) is 18.6. The van der Waals surface area contributed by atoms with Crippen LogP contribution in [0.4, 0.5) is 17.1 Å². The molecule has 7 nitrogen and oxygen atoms in total. The number of benzene rings is 2. The SMILES string of the molecule is CC1Oc2ccc(C(=O)CCC(=O)Nc3ccc(N4CCCCC4)cc3)cc2N(C)C1=O. The summed E-state index contributed by atoms with van der Waals surface area (Å²) in [6.45, 7) is 3.85. The molecule has 2 aromatic carbocycles. The molecule has 0 spiro atoms. The maximum absolute atomic E-state index is 12.6. The molecule has 0 aliphatic carbocycles. The highest BCUT2D eigenvalue weighted by Gasteiger charge is 2.29. The van der Waals surface area contributed by atoms with Crippen molar-refractivity contribution in [1.82, 2.24) is 0 Å². The van der Waals surface area contributed by atoms with E-state index in [0.717, 1.165) is 18.8 Å². The van der Waals surface area contributed by atoms with Crippen LogP contribution in [0.15, 0.2) is 42.5 Å². The van der Waals surface area contributed by atoms with Crippen molar-refractivity contribution in [2.24, 2.45) is 0 Å². The molecule has 0 bridgehead atoms. The van der Waals surface area contributed by atoms with Gasteiger partial charge in [-0.3, -0.25) is 14.4 Å². The van der Waals surface area contributed by atoms with Gasteiger partial charge in [0.2, 0.25) is 5.91 Å². The van der Waals surface area contributed by atoms with Crippen LogP contribution in [0.25, 0.3) is 0 Å². The van der Waals surface area contributed by atoms with E-state index in [1.165, 1.54) is 29.8 Å². The standard InChI is InChI=1S/C25H29N3O4/c1-17-25(31)27(2)21-16-18(6-12-23(21)32-17)22(29)11-13-24(30)26-19-7-9-20(10-8-19)28-14-4-3-5-15-28/h6-10,12,16-17H,3-5,11,13-15H2,1-2H3,(H,26,30). The van der Waals surface area contributed by atoms with Gasteiger partial charge in [-0.15, -0.1) is 0 Å². The van der Waals surface area contributed by atoms with Crippen LogP contribution in [0.2, 0.25) is 0 Å². The van der Waals surface area contributed by atoms with Crippen molar-refractivity contribution in [2.75, 3.05) is 35.3 Å². The van der Waals surface area contributed by atoms with E-state index < -0.39 is 6.10 Å². The number of ketones is 1. The zero-order valence-corrected chi connectivity index (χ0v) is 18.6. The van der Waals surface area contributed by atoms with Crippen molar-refractivity contribution in [1.29, 1.82) is 0 Å². The monoisotopic (exact) mass is 435 g/mol. The minimum Gasteiger partial charge on any atom is -0.479 e. The fourth-order valence-corrected chi connectivity index (χ4v) is 4.19. The molecule has 1 N–H and O–H groups in total. The molecule has 0 aromatic heterocycles. The van der Waals surface area contributed by atoms with Gasteiger partial charge in [-0.1, -0.05) is 0 Å². The van der Waals surface area contributed by atoms with E-state index in [1.807, 2.05) is 24.3 Å². The lowest BCUT2D eigenvalue weighted by Crippen LogP contribution is -2.42. The Labute approximate surface area is 188 Å². The Balaban J connectivity index is 1.31. The van der Waals surface area contributed by atoms with Gasteiger partial charge in [0.1, 0.15) is 5.75 Å². The number of rotatable bonds is 6. The number of carbonyl (C=O) groups excluding carboxylic acids is 3. The number of likely N-dealkylation sites (N-methyl/N-ethyl adjacent to an activating group) is 1. The number of fused-ring (bicyclic) bond motifs is 1. The van der Waals surface area contributed by atoms with Crippen LogP contribution in [-0.2, 0) is 9.59 Å². The van der Waals surface area contributed by atoms with Gasteiger partial charge in [-0.25, -0.2) is 0 Å². The summed E-state index contributed by atoms with van der Waals surface area (Å²) < 4.78 is 5.59. The van der Waals surface area contributed by atoms with Crippen molar-refractivity contribution >= 4 is 34.7 Å². The summed E-state index contributed by atoms with van der Waals surface area (Å²) in [6.07, 6.45) is 3.35. The van der Waals surface area contributed by atoms with Crippen molar-refractivity contribution in [3.63, 3.8) is 0 Å². The van der Waals surface area contributed by atoms with Crippen LogP contribution >= 0.6 is 0 Å². The molecule has 2 aliphatic heterocycles. The van der Waals surface area contributed by atoms with Gasteiger partial charge in [0.15, 0.2) is 11.9 Å². The summed E-state index contributed by atoms with van der Waals surface area (Å²) in [5.41, 5.74) is 2.92. The summed E-state index contributed by atoms with van der Waals surface area (Å²) >= 11 is 0. The summed E-state index contributed by atoms with van der Waals surface area (Å²) in [5.74, 6) is 0.0593. The first-order valence-corrected chi connectivity index (χ1v) is 11.2. The molecule has 7 heteroatoms. The zero-order chi connectivity index (χ0) is 22.7. The largest absolute Gasteiger partial charge is 0.479 e. The number of piperidine rings is 1. The number of hydrogen-bond acceptors (Lipinski definition) is 5. The molecule has 32 heavy (non-hydrogen) atoms. The predicted octanol–water partition coefficient (Wildman–Crippen LogP) is 4.02. The lowest BCUT2D eigenvalue weighted by atomic mass is 10.0. The highest BCUT2D eigenvalue weighted by atomic mass is 16.5. The topological polar surface area (TPSA) is 79.0 Å². The van der Waals surface area contributed by atoms with Crippen LogP contribution in [0.3, 0.4) is 0 Å². The van der Waals surface area contributed by atoms with E-state index in [9.17, 15) is 14.4 Å². The number of nitrogens with zero attached hydrogens (tertiary/aromatic N) is 2.